The van der Waals surface area contributed by atoms with E-state index in [1.165, 1.54) is 31.8 Å². The molecule has 0 saturated carbocycles. The Morgan fingerprint density at radius 2 is 0.561 bits per heavy atom. The Labute approximate surface area is 251 Å². The van der Waals surface area contributed by atoms with Crippen LogP contribution in [-0.4, -0.2) is 18.4 Å². The minimum absolute atomic E-state index is 0.676. The molecule has 0 saturated heterocycles. The minimum atomic E-state index is -3.17. The van der Waals surface area contributed by atoms with E-state index < -0.39 is 34.2 Å². The Hall–Kier alpha value is -3.02. The zero-order chi connectivity index (χ0) is 28.1. The first-order valence-electron chi connectivity index (χ1n) is 14.1. The molecular weight excluding hydrogens is 637 g/mol. The number of hydrogen-bond donors (Lipinski definition) is 0. The summed E-state index contributed by atoms with van der Waals surface area (Å²) in [4.78, 5) is 5.25. The molecule has 0 heterocycles. The molecule has 200 valence electrons. The van der Waals surface area contributed by atoms with Crippen LogP contribution < -0.4 is 39.0 Å². The summed E-state index contributed by atoms with van der Waals surface area (Å²) in [6.07, 6.45) is 0. The fourth-order valence-electron chi connectivity index (χ4n) is 5.70. The molecule has 0 aliphatic heterocycles. The van der Waals surface area contributed by atoms with Gasteiger partial charge in [-0.3, -0.25) is 0 Å². The van der Waals surface area contributed by atoms with Gasteiger partial charge in [0, 0.05) is 0 Å². The summed E-state index contributed by atoms with van der Waals surface area (Å²) in [5.41, 5.74) is 0. The second-order valence-corrected chi connectivity index (χ2v) is 27.4. The fourth-order valence-corrected chi connectivity index (χ4v) is 23.9. The summed E-state index contributed by atoms with van der Waals surface area (Å²) >= 11 is -3.17. The molecule has 3 heteroatoms. The van der Waals surface area contributed by atoms with E-state index in [9.17, 15) is 0 Å². The number of hydrogen-bond acceptors (Lipinski definition) is 0. The molecule has 0 unspecified atom stereocenters. The van der Waals surface area contributed by atoms with Crippen LogP contribution in [0.25, 0.3) is 0 Å². The quantitative estimate of drug-likeness (QED) is 0.137. The molecule has 0 N–H and O–H groups in total. The standard InChI is InChI=1S/2C18H14P.2CH3.Sn/c2*1-4-10-16(11-5-1)19(17-12-6-2-7-13-17)18-14-8-3-9-15-18;;;/h2*1-14H;2*1H3;. The Balaban J connectivity index is 1.55. The Morgan fingerprint density at radius 1 is 0.317 bits per heavy atom. The third-order valence-electron chi connectivity index (χ3n) is 7.69. The van der Waals surface area contributed by atoms with Crippen molar-refractivity contribution in [3.05, 3.63) is 170 Å². The molecule has 0 nitrogen and oxygen atoms in total. The third kappa shape index (κ3) is 5.98. The average Bonchev–Trinajstić information content (AvgIpc) is 3.04. The molecule has 0 spiro atoms. The summed E-state index contributed by atoms with van der Waals surface area (Å²) in [6, 6.07) is 63.3. The van der Waals surface area contributed by atoms with Crippen LogP contribution >= 0.6 is 15.8 Å². The van der Waals surface area contributed by atoms with Crippen LogP contribution in [0, 0.1) is 0 Å². The van der Waals surface area contributed by atoms with Crippen LogP contribution in [-0.2, 0) is 0 Å². The van der Waals surface area contributed by atoms with Crippen LogP contribution in [0.1, 0.15) is 0 Å². The van der Waals surface area contributed by atoms with E-state index in [1.54, 1.807) is 7.16 Å². The van der Waals surface area contributed by atoms with E-state index in [1.807, 2.05) is 0 Å². The summed E-state index contributed by atoms with van der Waals surface area (Å²) in [5, 5.41) is 8.66. The molecule has 0 atom stereocenters. The average molecular weight is 671 g/mol. The van der Waals surface area contributed by atoms with Crippen molar-refractivity contribution in [3.8, 4) is 0 Å². The monoisotopic (exact) mass is 672 g/mol. The van der Waals surface area contributed by atoms with Gasteiger partial charge in [0.1, 0.15) is 0 Å². The number of rotatable bonds is 8. The van der Waals surface area contributed by atoms with Crippen molar-refractivity contribution >= 4 is 73.2 Å². The SMILES string of the molecule is [CH3][Sn]([CH3])([c]1ccccc1P(c1ccccc1)c1ccccc1)[c]1ccccc1P(c1ccccc1)c1ccccc1. The second kappa shape index (κ2) is 12.9. The molecule has 0 aliphatic carbocycles. The van der Waals surface area contributed by atoms with Gasteiger partial charge in [-0.1, -0.05) is 0 Å². The normalized spacial score (nSPS) is 11.6. The van der Waals surface area contributed by atoms with Gasteiger partial charge in [0.05, 0.1) is 0 Å². The van der Waals surface area contributed by atoms with E-state index in [4.69, 9.17) is 0 Å². The summed E-state index contributed by atoms with van der Waals surface area (Å²) in [5.74, 6) is 0. The van der Waals surface area contributed by atoms with E-state index in [2.05, 4.69) is 180 Å². The molecule has 0 bridgehead atoms. The van der Waals surface area contributed by atoms with Gasteiger partial charge in [-0.25, -0.2) is 0 Å². The molecule has 0 amide bonds. The van der Waals surface area contributed by atoms with Crippen molar-refractivity contribution in [2.24, 2.45) is 0 Å². The molecule has 0 aromatic heterocycles. The molecule has 0 aliphatic rings. The van der Waals surface area contributed by atoms with E-state index in [0.717, 1.165) is 0 Å². The maximum absolute atomic E-state index is 3.17. The molecule has 0 fully saturated rings. The first-order valence-corrected chi connectivity index (χ1v) is 25.4. The van der Waals surface area contributed by atoms with E-state index >= 15 is 0 Å². The van der Waals surface area contributed by atoms with Gasteiger partial charge in [-0.15, -0.1) is 0 Å². The van der Waals surface area contributed by atoms with Gasteiger partial charge >= 0.3 is 253 Å². The van der Waals surface area contributed by atoms with Crippen molar-refractivity contribution in [1.29, 1.82) is 0 Å². The van der Waals surface area contributed by atoms with Gasteiger partial charge in [0.2, 0.25) is 0 Å². The van der Waals surface area contributed by atoms with Crippen LogP contribution in [0.4, 0.5) is 0 Å². The van der Waals surface area contributed by atoms with Crippen LogP contribution in [0.3, 0.4) is 0 Å². The predicted molar refractivity (Wildman–Crippen MR) is 187 cm³/mol. The Bertz CT molecular complexity index is 1490. The molecule has 41 heavy (non-hydrogen) atoms. The van der Waals surface area contributed by atoms with E-state index in [-0.39, 0.29) is 0 Å². The van der Waals surface area contributed by atoms with Gasteiger partial charge in [0.25, 0.3) is 0 Å². The van der Waals surface area contributed by atoms with Crippen molar-refractivity contribution < 1.29 is 0 Å². The molecule has 0 radical (unpaired) electrons. The topological polar surface area (TPSA) is 0 Å². The van der Waals surface area contributed by atoms with Gasteiger partial charge < -0.3 is 0 Å². The molecule has 6 rings (SSSR count). The molecular formula is C38H34P2Sn. The van der Waals surface area contributed by atoms with Gasteiger partial charge in [0.15, 0.2) is 0 Å². The van der Waals surface area contributed by atoms with Crippen molar-refractivity contribution in [3.63, 3.8) is 0 Å². The van der Waals surface area contributed by atoms with Gasteiger partial charge in [-0.2, -0.15) is 0 Å². The second-order valence-electron chi connectivity index (χ2n) is 10.7. The van der Waals surface area contributed by atoms with Crippen molar-refractivity contribution in [1.82, 2.24) is 0 Å². The third-order valence-corrected chi connectivity index (χ3v) is 24.1. The Kier molecular flexibility index (Phi) is 8.83. The first-order chi connectivity index (χ1) is 20.1. The van der Waals surface area contributed by atoms with Gasteiger partial charge in [-0.05, 0) is 0 Å². The first kappa shape index (κ1) is 28.1. The maximum atomic E-state index is 2.62. The van der Waals surface area contributed by atoms with E-state index in [0.29, 0.717) is 0 Å². The molecule has 6 aromatic rings. The summed E-state index contributed by atoms with van der Waals surface area (Å²) < 4.78 is 3.20. The Morgan fingerprint density at radius 3 is 0.854 bits per heavy atom. The predicted octanol–water partition coefficient (Wildman–Crippen LogP) is 6.03. The van der Waals surface area contributed by atoms with Crippen molar-refractivity contribution in [2.75, 3.05) is 0 Å². The fraction of sp³-hybridized carbons (Fsp3) is 0.0526. The summed E-state index contributed by atoms with van der Waals surface area (Å²) in [7, 11) is -1.35. The van der Waals surface area contributed by atoms with Crippen molar-refractivity contribution in [2.45, 2.75) is 9.88 Å². The van der Waals surface area contributed by atoms with Crippen LogP contribution in [0.2, 0.25) is 9.88 Å². The molecule has 6 aromatic carbocycles. The summed E-state index contributed by atoms with van der Waals surface area (Å²) in [6.45, 7) is 0. The van der Waals surface area contributed by atoms with Crippen LogP contribution in [0.15, 0.2) is 170 Å². The van der Waals surface area contributed by atoms with Crippen LogP contribution in [0.5, 0.6) is 0 Å². The zero-order valence-corrected chi connectivity index (χ0v) is 28.2. The zero-order valence-electron chi connectivity index (χ0n) is 23.6. The number of benzene rings is 6.